The van der Waals surface area contributed by atoms with E-state index < -0.39 is 0 Å². The van der Waals surface area contributed by atoms with Crippen LogP contribution in [-0.4, -0.2) is 13.7 Å². The Hall–Kier alpha value is -6.58. The number of hydrogen-bond donors (Lipinski definition) is 0. The standard InChI is InChI=1S/C46H29N3/c1-4-15-31(16-5-1)47-40-28-25-36-35-22-12-13-23-38(35)48(32-17-6-2-7-18-32)45(36)43(40)44-41(47)29-26-37-42-34-21-11-10-14-30(34)24-27-39(42)49(46(37)44)33-19-8-3-9-20-33/h1-29H. The Labute approximate surface area is 282 Å². The van der Waals surface area contributed by atoms with E-state index >= 15 is 0 Å². The third kappa shape index (κ3) is 3.56. The van der Waals surface area contributed by atoms with Gasteiger partial charge in [-0.25, -0.2) is 0 Å². The molecule has 0 atom stereocenters. The molecule has 11 rings (SSSR count). The fourth-order valence-corrected chi connectivity index (χ4v) is 8.45. The molecule has 0 radical (unpaired) electrons. The molecule has 49 heavy (non-hydrogen) atoms. The van der Waals surface area contributed by atoms with Crippen molar-refractivity contribution < 1.29 is 0 Å². The number of hydrogen-bond acceptors (Lipinski definition) is 0. The van der Waals surface area contributed by atoms with Gasteiger partial charge in [0, 0.05) is 49.4 Å². The summed E-state index contributed by atoms with van der Waals surface area (Å²) >= 11 is 0. The van der Waals surface area contributed by atoms with E-state index in [4.69, 9.17) is 0 Å². The van der Waals surface area contributed by atoms with Gasteiger partial charge in [-0.1, -0.05) is 115 Å². The maximum atomic E-state index is 2.50. The van der Waals surface area contributed by atoms with E-state index in [9.17, 15) is 0 Å². The van der Waals surface area contributed by atoms with Crippen LogP contribution >= 0.6 is 0 Å². The van der Waals surface area contributed by atoms with Gasteiger partial charge < -0.3 is 13.7 Å². The molecule has 0 aliphatic heterocycles. The van der Waals surface area contributed by atoms with E-state index in [-0.39, 0.29) is 0 Å². The average molecular weight is 624 g/mol. The van der Waals surface area contributed by atoms with Gasteiger partial charge >= 0.3 is 0 Å². The fraction of sp³-hybridized carbons (Fsp3) is 0. The summed E-state index contributed by atoms with van der Waals surface area (Å²) in [6, 6.07) is 64.1. The van der Waals surface area contributed by atoms with Gasteiger partial charge in [-0.2, -0.15) is 0 Å². The Morgan fingerprint density at radius 2 is 0.694 bits per heavy atom. The molecule has 11 aromatic rings. The number of benzene rings is 8. The molecule has 0 fully saturated rings. The molecule has 3 nitrogen and oxygen atoms in total. The zero-order valence-corrected chi connectivity index (χ0v) is 26.6. The molecule has 0 aliphatic carbocycles. The summed E-state index contributed by atoms with van der Waals surface area (Å²) in [6.45, 7) is 0. The Kier molecular flexibility index (Phi) is 5.38. The lowest BCUT2D eigenvalue weighted by Crippen LogP contribution is -1.95. The van der Waals surface area contributed by atoms with Crippen molar-refractivity contribution in [3.05, 3.63) is 176 Å². The fourth-order valence-electron chi connectivity index (χ4n) is 8.45. The smallest absolute Gasteiger partial charge is 0.0642 e. The molecule has 0 aliphatic rings. The van der Waals surface area contributed by atoms with Crippen LogP contribution in [0.1, 0.15) is 0 Å². The first-order valence-electron chi connectivity index (χ1n) is 16.9. The maximum Gasteiger partial charge on any atom is 0.0642 e. The summed E-state index contributed by atoms with van der Waals surface area (Å²) < 4.78 is 7.44. The molecule has 8 aromatic carbocycles. The van der Waals surface area contributed by atoms with E-state index in [2.05, 4.69) is 190 Å². The van der Waals surface area contributed by atoms with E-state index in [1.54, 1.807) is 0 Å². The summed E-state index contributed by atoms with van der Waals surface area (Å²) in [6.07, 6.45) is 0. The van der Waals surface area contributed by atoms with Crippen LogP contribution < -0.4 is 0 Å². The predicted octanol–water partition coefficient (Wildman–Crippen LogP) is 12.1. The third-order valence-electron chi connectivity index (χ3n) is 10.4. The van der Waals surface area contributed by atoms with Crippen molar-refractivity contribution in [1.29, 1.82) is 0 Å². The molecule has 0 saturated carbocycles. The maximum absolute atomic E-state index is 2.50. The normalized spacial score (nSPS) is 12.1. The lowest BCUT2D eigenvalue weighted by molar-refractivity contribution is 1.17. The Morgan fingerprint density at radius 1 is 0.245 bits per heavy atom. The van der Waals surface area contributed by atoms with E-state index in [0.717, 1.165) is 17.1 Å². The molecule has 0 N–H and O–H groups in total. The van der Waals surface area contributed by atoms with E-state index in [1.807, 2.05) is 0 Å². The minimum absolute atomic E-state index is 1.15. The van der Waals surface area contributed by atoms with Crippen molar-refractivity contribution in [2.24, 2.45) is 0 Å². The lowest BCUT2D eigenvalue weighted by Gasteiger charge is -2.11. The monoisotopic (exact) mass is 623 g/mol. The van der Waals surface area contributed by atoms with Gasteiger partial charge in [-0.05, 0) is 71.4 Å². The third-order valence-corrected chi connectivity index (χ3v) is 10.4. The van der Waals surface area contributed by atoms with Gasteiger partial charge in [0.1, 0.15) is 0 Å². The van der Waals surface area contributed by atoms with Gasteiger partial charge in [-0.15, -0.1) is 0 Å². The average Bonchev–Trinajstić information content (AvgIpc) is 3.81. The summed E-state index contributed by atoms with van der Waals surface area (Å²) in [4.78, 5) is 0. The van der Waals surface area contributed by atoms with Crippen LogP contribution in [0.5, 0.6) is 0 Å². The van der Waals surface area contributed by atoms with Crippen molar-refractivity contribution >= 4 is 76.2 Å². The van der Waals surface area contributed by atoms with Crippen LogP contribution in [0.25, 0.3) is 93.3 Å². The zero-order valence-electron chi connectivity index (χ0n) is 26.6. The minimum Gasteiger partial charge on any atom is -0.309 e. The summed E-state index contributed by atoms with van der Waals surface area (Å²) in [5.41, 5.74) is 10.7. The van der Waals surface area contributed by atoms with Crippen LogP contribution in [-0.2, 0) is 0 Å². The van der Waals surface area contributed by atoms with Gasteiger partial charge in [0.05, 0.1) is 33.1 Å². The molecule has 0 spiro atoms. The van der Waals surface area contributed by atoms with Crippen molar-refractivity contribution in [1.82, 2.24) is 13.7 Å². The van der Waals surface area contributed by atoms with Gasteiger partial charge in [0.25, 0.3) is 0 Å². The Morgan fingerprint density at radius 3 is 1.35 bits per heavy atom. The lowest BCUT2D eigenvalue weighted by atomic mass is 10.0. The van der Waals surface area contributed by atoms with Gasteiger partial charge in [-0.3, -0.25) is 0 Å². The van der Waals surface area contributed by atoms with Crippen molar-refractivity contribution in [3.63, 3.8) is 0 Å². The Bertz CT molecular complexity index is 3070. The first-order chi connectivity index (χ1) is 24.4. The molecule has 0 amide bonds. The van der Waals surface area contributed by atoms with Crippen LogP contribution in [0.2, 0.25) is 0 Å². The molecule has 3 heterocycles. The second-order valence-corrected chi connectivity index (χ2v) is 12.9. The van der Waals surface area contributed by atoms with Crippen LogP contribution in [0.3, 0.4) is 0 Å². The van der Waals surface area contributed by atoms with Crippen LogP contribution in [0.15, 0.2) is 176 Å². The van der Waals surface area contributed by atoms with Crippen molar-refractivity contribution in [3.8, 4) is 17.1 Å². The number of nitrogens with zero attached hydrogens (tertiary/aromatic N) is 3. The van der Waals surface area contributed by atoms with Gasteiger partial charge in [0.2, 0.25) is 0 Å². The quantitative estimate of drug-likeness (QED) is 0.186. The molecular weight excluding hydrogens is 595 g/mol. The number of para-hydroxylation sites is 4. The zero-order chi connectivity index (χ0) is 32.1. The molecule has 228 valence electrons. The summed E-state index contributed by atoms with van der Waals surface area (Å²) in [5, 5.41) is 10.1. The highest BCUT2D eigenvalue weighted by Gasteiger charge is 2.25. The number of fused-ring (bicyclic) bond motifs is 13. The molecule has 3 aromatic heterocycles. The van der Waals surface area contributed by atoms with Crippen LogP contribution in [0.4, 0.5) is 0 Å². The minimum atomic E-state index is 1.15. The summed E-state index contributed by atoms with van der Waals surface area (Å²) in [7, 11) is 0. The second-order valence-electron chi connectivity index (χ2n) is 12.9. The second kappa shape index (κ2) is 9.96. The van der Waals surface area contributed by atoms with Gasteiger partial charge in [0.15, 0.2) is 0 Å². The largest absolute Gasteiger partial charge is 0.309 e. The first kappa shape index (κ1) is 26.5. The first-order valence-corrected chi connectivity index (χ1v) is 16.9. The SMILES string of the molecule is c1ccc(-n2c3ccc4c5ccccc5n(-c5ccccc5)c4c3c3c2ccc2c4c5ccccc5ccc4n(-c4ccccc4)c23)cc1. The highest BCUT2D eigenvalue weighted by Crippen LogP contribution is 2.47. The molecule has 0 bridgehead atoms. The molecular formula is C46H29N3. The number of rotatable bonds is 3. The number of aromatic nitrogens is 3. The molecule has 0 unspecified atom stereocenters. The van der Waals surface area contributed by atoms with E-state index in [1.165, 1.54) is 76.2 Å². The topological polar surface area (TPSA) is 14.8 Å². The highest BCUT2D eigenvalue weighted by atomic mass is 15.0. The molecule has 0 saturated heterocycles. The predicted molar refractivity (Wildman–Crippen MR) is 207 cm³/mol. The molecule has 3 heteroatoms. The van der Waals surface area contributed by atoms with Crippen molar-refractivity contribution in [2.45, 2.75) is 0 Å². The van der Waals surface area contributed by atoms with Crippen LogP contribution in [0, 0.1) is 0 Å². The van der Waals surface area contributed by atoms with Crippen molar-refractivity contribution in [2.75, 3.05) is 0 Å². The summed E-state index contributed by atoms with van der Waals surface area (Å²) in [5.74, 6) is 0. The Balaban J connectivity index is 1.48. The highest BCUT2D eigenvalue weighted by molar-refractivity contribution is 6.34. The van der Waals surface area contributed by atoms with E-state index in [0.29, 0.717) is 0 Å².